The molecule has 2 aliphatic rings. The van der Waals surface area contributed by atoms with Crippen LogP contribution in [0.1, 0.15) is 61.9 Å². The van der Waals surface area contributed by atoms with Crippen LogP contribution in [0.15, 0.2) is 34.7 Å². The van der Waals surface area contributed by atoms with E-state index in [9.17, 15) is 24.0 Å². The standard InChI is InChI=1S/C26H32N4O6/c31-22(15-28-25(34)21-14-16-7-4-5-11-20(16)36-21)30-19(13-17-8-6-12-27-24(17)33)23(32)26(35)29-18-9-2-1-3-10-18/h4-5,7,11,14,17-19H,1-3,6,8-10,12-13,15H2,(H,27,33)(H,28,34)(H,29,35)(H,30,31)/t17-,19?/m0/s1. The van der Waals surface area contributed by atoms with E-state index in [1.807, 2.05) is 6.07 Å². The van der Waals surface area contributed by atoms with E-state index < -0.39 is 42.0 Å². The normalized spacial score (nSPS) is 19.2. The highest BCUT2D eigenvalue weighted by Crippen LogP contribution is 2.20. The maximum Gasteiger partial charge on any atom is 0.289 e. The average molecular weight is 497 g/mol. The summed E-state index contributed by atoms with van der Waals surface area (Å²) >= 11 is 0. The van der Waals surface area contributed by atoms with Gasteiger partial charge in [-0.25, -0.2) is 0 Å². The van der Waals surface area contributed by atoms with Gasteiger partial charge in [-0.15, -0.1) is 0 Å². The minimum atomic E-state index is -1.17. The summed E-state index contributed by atoms with van der Waals surface area (Å²) in [6.45, 7) is 0.150. The Morgan fingerprint density at radius 2 is 1.81 bits per heavy atom. The van der Waals surface area contributed by atoms with Gasteiger partial charge in [0.05, 0.1) is 12.6 Å². The van der Waals surface area contributed by atoms with E-state index in [2.05, 4.69) is 21.3 Å². The zero-order valence-corrected chi connectivity index (χ0v) is 20.1. The van der Waals surface area contributed by atoms with Crippen LogP contribution in [0.3, 0.4) is 0 Å². The first-order chi connectivity index (χ1) is 17.4. The molecule has 1 aromatic carbocycles. The summed E-state index contributed by atoms with van der Waals surface area (Å²) in [6, 6.07) is 7.49. The lowest BCUT2D eigenvalue weighted by molar-refractivity contribution is -0.141. The fourth-order valence-corrected chi connectivity index (χ4v) is 4.82. The van der Waals surface area contributed by atoms with Crippen molar-refractivity contribution < 1.29 is 28.4 Å². The zero-order chi connectivity index (χ0) is 25.5. The fraction of sp³-hybridized carbons (Fsp3) is 0.500. The Hall–Kier alpha value is -3.69. The molecule has 10 nitrogen and oxygen atoms in total. The van der Waals surface area contributed by atoms with Crippen molar-refractivity contribution in [3.63, 3.8) is 0 Å². The largest absolute Gasteiger partial charge is 0.451 e. The average Bonchev–Trinajstić information content (AvgIpc) is 3.33. The van der Waals surface area contributed by atoms with E-state index in [4.69, 9.17) is 4.42 Å². The summed E-state index contributed by atoms with van der Waals surface area (Å²) in [4.78, 5) is 63.1. The molecule has 2 fully saturated rings. The van der Waals surface area contributed by atoms with Gasteiger partial charge in [0, 0.05) is 23.9 Å². The van der Waals surface area contributed by atoms with Crippen LogP contribution in [-0.4, -0.2) is 54.6 Å². The summed E-state index contributed by atoms with van der Waals surface area (Å²) in [5.41, 5.74) is 0.549. The molecule has 4 N–H and O–H groups in total. The lowest BCUT2D eigenvalue weighted by Crippen LogP contribution is -2.53. The molecular weight excluding hydrogens is 464 g/mol. The maximum atomic E-state index is 13.0. The predicted octanol–water partition coefficient (Wildman–Crippen LogP) is 1.58. The number of furan rings is 1. The van der Waals surface area contributed by atoms with E-state index in [0.717, 1.165) is 43.9 Å². The number of nitrogens with one attached hydrogen (secondary N) is 4. The van der Waals surface area contributed by atoms with Crippen molar-refractivity contribution in [2.75, 3.05) is 13.1 Å². The Balaban J connectivity index is 1.37. The van der Waals surface area contributed by atoms with Gasteiger partial charge < -0.3 is 25.7 Å². The van der Waals surface area contributed by atoms with E-state index in [1.54, 1.807) is 24.3 Å². The third-order valence-corrected chi connectivity index (χ3v) is 6.79. The summed E-state index contributed by atoms with van der Waals surface area (Å²) < 4.78 is 5.50. The number of piperidine rings is 1. The van der Waals surface area contributed by atoms with Crippen LogP contribution in [0.2, 0.25) is 0 Å². The zero-order valence-electron chi connectivity index (χ0n) is 20.1. The minimum Gasteiger partial charge on any atom is -0.451 e. The second kappa shape index (κ2) is 11.8. The van der Waals surface area contributed by atoms with Crippen LogP contribution in [0.5, 0.6) is 0 Å². The quantitative estimate of drug-likeness (QED) is 0.388. The summed E-state index contributed by atoms with van der Waals surface area (Å²) in [5.74, 6) is -3.38. The smallest absolute Gasteiger partial charge is 0.289 e. The number of para-hydroxylation sites is 1. The van der Waals surface area contributed by atoms with Crippen LogP contribution in [0.4, 0.5) is 0 Å². The molecule has 1 aliphatic carbocycles. The molecule has 1 aromatic heterocycles. The number of rotatable bonds is 9. The monoisotopic (exact) mass is 496 g/mol. The third-order valence-electron chi connectivity index (χ3n) is 6.79. The third kappa shape index (κ3) is 6.50. The number of benzene rings is 1. The van der Waals surface area contributed by atoms with Crippen molar-refractivity contribution in [2.45, 2.75) is 63.5 Å². The highest BCUT2D eigenvalue weighted by molar-refractivity contribution is 6.38. The van der Waals surface area contributed by atoms with E-state index in [1.165, 1.54) is 0 Å². The Morgan fingerprint density at radius 1 is 1.03 bits per heavy atom. The number of hydrogen-bond donors (Lipinski definition) is 4. The first-order valence-corrected chi connectivity index (χ1v) is 12.6. The number of carbonyl (C=O) groups excluding carboxylic acids is 5. The van der Waals surface area contributed by atoms with Crippen LogP contribution in [0, 0.1) is 5.92 Å². The van der Waals surface area contributed by atoms with Gasteiger partial charge in [0.25, 0.3) is 11.8 Å². The molecule has 2 heterocycles. The van der Waals surface area contributed by atoms with E-state index >= 15 is 0 Å². The predicted molar refractivity (Wildman–Crippen MR) is 131 cm³/mol. The van der Waals surface area contributed by atoms with Gasteiger partial charge in [0.1, 0.15) is 5.58 Å². The van der Waals surface area contributed by atoms with Gasteiger partial charge >= 0.3 is 0 Å². The molecule has 0 bridgehead atoms. The number of fused-ring (bicyclic) bond motifs is 1. The molecule has 1 saturated heterocycles. The van der Waals surface area contributed by atoms with Gasteiger partial charge in [-0.05, 0) is 44.2 Å². The number of amides is 4. The molecule has 4 rings (SSSR count). The first-order valence-electron chi connectivity index (χ1n) is 12.6. The van der Waals surface area contributed by atoms with Crippen LogP contribution in [0.25, 0.3) is 11.0 Å². The molecule has 2 atom stereocenters. The van der Waals surface area contributed by atoms with Crippen molar-refractivity contribution >= 4 is 40.4 Å². The second-order valence-corrected chi connectivity index (χ2v) is 9.49. The summed E-state index contributed by atoms with van der Waals surface area (Å²) in [5, 5.41) is 11.3. The Morgan fingerprint density at radius 3 is 2.56 bits per heavy atom. The highest BCUT2D eigenvalue weighted by Gasteiger charge is 2.34. The van der Waals surface area contributed by atoms with Gasteiger partial charge in [0.15, 0.2) is 5.76 Å². The molecule has 1 unspecified atom stereocenters. The van der Waals surface area contributed by atoms with Crippen molar-refractivity contribution in [3.8, 4) is 0 Å². The van der Waals surface area contributed by atoms with Crippen molar-refractivity contribution in [2.24, 2.45) is 5.92 Å². The fourth-order valence-electron chi connectivity index (χ4n) is 4.82. The Kier molecular flexibility index (Phi) is 8.35. The summed E-state index contributed by atoms with van der Waals surface area (Å²) in [6.07, 6.45) is 6.07. The molecule has 0 radical (unpaired) electrons. The van der Waals surface area contributed by atoms with Crippen LogP contribution in [-0.2, 0) is 19.2 Å². The van der Waals surface area contributed by atoms with Crippen molar-refractivity contribution in [1.29, 1.82) is 0 Å². The molecule has 10 heteroatoms. The number of carbonyl (C=O) groups is 5. The Bertz CT molecular complexity index is 1100. The Labute approximate surface area is 208 Å². The van der Waals surface area contributed by atoms with E-state index in [0.29, 0.717) is 18.5 Å². The van der Waals surface area contributed by atoms with Gasteiger partial charge in [-0.3, -0.25) is 24.0 Å². The molecule has 1 aliphatic heterocycles. The van der Waals surface area contributed by atoms with Crippen LogP contribution >= 0.6 is 0 Å². The van der Waals surface area contributed by atoms with Gasteiger partial charge in [-0.2, -0.15) is 0 Å². The lowest BCUT2D eigenvalue weighted by Gasteiger charge is -2.27. The number of Topliss-reactive ketones (excluding diaryl/α,β-unsaturated/α-hetero) is 1. The van der Waals surface area contributed by atoms with Crippen molar-refractivity contribution in [1.82, 2.24) is 21.3 Å². The molecule has 0 spiro atoms. The molecule has 36 heavy (non-hydrogen) atoms. The number of hydrogen-bond acceptors (Lipinski definition) is 6. The minimum absolute atomic E-state index is 0.0199. The van der Waals surface area contributed by atoms with Gasteiger partial charge in [-0.1, -0.05) is 37.5 Å². The van der Waals surface area contributed by atoms with Gasteiger partial charge in [0.2, 0.25) is 17.6 Å². The molecular formula is C26H32N4O6. The molecule has 4 amide bonds. The SMILES string of the molecule is O=C(CNC(=O)c1cc2ccccc2o1)NC(C[C@@H]1CCCNC1=O)C(=O)C(=O)NC1CCCCC1. The summed E-state index contributed by atoms with van der Waals surface area (Å²) in [7, 11) is 0. The topological polar surface area (TPSA) is 147 Å². The first kappa shape index (κ1) is 25.4. The van der Waals surface area contributed by atoms with Crippen LogP contribution < -0.4 is 21.3 Å². The molecule has 2 aromatic rings. The number of ketones is 1. The highest BCUT2D eigenvalue weighted by atomic mass is 16.3. The van der Waals surface area contributed by atoms with Crippen molar-refractivity contribution in [3.05, 3.63) is 36.1 Å². The molecule has 192 valence electrons. The lowest BCUT2D eigenvalue weighted by atomic mass is 9.89. The molecule has 1 saturated carbocycles. The second-order valence-electron chi connectivity index (χ2n) is 9.49. The maximum absolute atomic E-state index is 13.0. The van der Waals surface area contributed by atoms with E-state index in [-0.39, 0.29) is 24.1 Å².